The fourth-order valence-corrected chi connectivity index (χ4v) is 2.89. The molecule has 0 aliphatic carbocycles. The number of aromatic nitrogens is 6. The van der Waals surface area contributed by atoms with Crippen molar-refractivity contribution in [1.82, 2.24) is 30.0 Å². The summed E-state index contributed by atoms with van der Waals surface area (Å²) in [5.74, 6) is 0.846. The number of anilines is 1. The van der Waals surface area contributed by atoms with Crippen LogP contribution in [0.5, 0.6) is 0 Å². The first kappa shape index (κ1) is 16.2. The molecule has 26 heavy (non-hydrogen) atoms. The average Bonchev–Trinajstić information content (AvgIpc) is 3.26. The van der Waals surface area contributed by atoms with Gasteiger partial charge in [-0.05, 0) is 31.2 Å². The second-order valence-corrected chi connectivity index (χ2v) is 6.35. The second-order valence-electron chi connectivity index (χ2n) is 5.35. The molecule has 4 heterocycles. The molecule has 1 N–H and O–H groups in total. The van der Waals surface area contributed by atoms with E-state index >= 15 is 0 Å². The number of carbonyl (C=O) groups excluding carboxylic acids is 1. The highest BCUT2D eigenvalue weighted by Gasteiger charge is 2.12. The first-order valence-electron chi connectivity index (χ1n) is 7.69. The van der Waals surface area contributed by atoms with E-state index in [1.165, 1.54) is 11.8 Å². The van der Waals surface area contributed by atoms with Crippen LogP contribution in [0.15, 0.2) is 52.1 Å². The maximum absolute atomic E-state index is 12.0. The van der Waals surface area contributed by atoms with Crippen LogP contribution in [0.4, 0.5) is 5.88 Å². The number of carbonyl (C=O) groups is 1. The Kier molecular flexibility index (Phi) is 4.32. The molecule has 0 bridgehead atoms. The third-order valence-electron chi connectivity index (χ3n) is 3.37. The van der Waals surface area contributed by atoms with E-state index in [1.807, 2.05) is 18.2 Å². The summed E-state index contributed by atoms with van der Waals surface area (Å²) in [4.78, 5) is 16.3. The number of hydrogen-bond donors (Lipinski definition) is 1. The highest BCUT2D eigenvalue weighted by molar-refractivity contribution is 7.99. The Morgan fingerprint density at radius 2 is 2.19 bits per heavy atom. The molecule has 0 aromatic carbocycles. The highest BCUT2D eigenvalue weighted by Crippen LogP contribution is 2.19. The summed E-state index contributed by atoms with van der Waals surface area (Å²) < 4.78 is 6.58. The lowest BCUT2D eigenvalue weighted by molar-refractivity contribution is -0.113. The molecule has 10 heteroatoms. The Balaban J connectivity index is 1.49. The van der Waals surface area contributed by atoms with Crippen LogP contribution < -0.4 is 5.32 Å². The zero-order valence-corrected chi connectivity index (χ0v) is 14.5. The summed E-state index contributed by atoms with van der Waals surface area (Å²) in [6.07, 6.45) is 1.69. The van der Waals surface area contributed by atoms with E-state index < -0.39 is 0 Å². The van der Waals surface area contributed by atoms with Crippen LogP contribution in [0, 0.1) is 6.92 Å². The van der Waals surface area contributed by atoms with E-state index in [1.54, 1.807) is 35.8 Å². The molecular weight excluding hydrogens is 354 g/mol. The second kappa shape index (κ2) is 6.92. The molecule has 9 nitrogen and oxygen atoms in total. The van der Waals surface area contributed by atoms with Gasteiger partial charge >= 0.3 is 0 Å². The van der Waals surface area contributed by atoms with Crippen LogP contribution >= 0.6 is 11.8 Å². The molecule has 0 saturated heterocycles. The van der Waals surface area contributed by atoms with Gasteiger partial charge in [0.2, 0.25) is 17.6 Å². The molecule has 0 atom stereocenters. The predicted molar refractivity (Wildman–Crippen MR) is 94.6 cm³/mol. The molecule has 0 saturated carbocycles. The van der Waals surface area contributed by atoms with Gasteiger partial charge in [-0.15, -0.1) is 10.2 Å². The van der Waals surface area contributed by atoms with Crippen LogP contribution in [-0.2, 0) is 4.79 Å². The Hall–Kier alpha value is -3.27. The topological polar surface area (TPSA) is 111 Å². The number of amides is 1. The third-order valence-corrected chi connectivity index (χ3v) is 4.29. The minimum absolute atomic E-state index is 0.180. The van der Waals surface area contributed by atoms with Crippen LogP contribution in [0.2, 0.25) is 0 Å². The standard InChI is InChI=1S/C16H13N7O2S/c1-10-8-14(25-22-10)18-13(24)9-26-15-6-5-12-19-20-16(23(12)21-15)11-4-2-3-7-17-11/h2-8H,9H2,1H3,(H,18,24). The molecule has 4 aromatic rings. The average molecular weight is 367 g/mol. The number of fused-ring (bicyclic) bond motifs is 1. The van der Waals surface area contributed by atoms with Crippen molar-refractivity contribution in [3.63, 3.8) is 0 Å². The van der Waals surface area contributed by atoms with E-state index in [0.29, 0.717) is 33.8 Å². The van der Waals surface area contributed by atoms with Gasteiger partial charge in [-0.3, -0.25) is 15.1 Å². The van der Waals surface area contributed by atoms with E-state index in [2.05, 4.69) is 30.8 Å². The van der Waals surface area contributed by atoms with E-state index in [4.69, 9.17) is 4.52 Å². The molecular formula is C16H13N7O2S. The van der Waals surface area contributed by atoms with Gasteiger partial charge in [0.05, 0.1) is 11.4 Å². The minimum atomic E-state index is -0.207. The number of pyridine rings is 1. The molecule has 0 aliphatic rings. The molecule has 0 unspecified atom stereocenters. The summed E-state index contributed by atoms with van der Waals surface area (Å²) >= 11 is 1.29. The van der Waals surface area contributed by atoms with E-state index in [9.17, 15) is 4.79 Å². The Bertz CT molecular complexity index is 1060. The lowest BCUT2D eigenvalue weighted by Crippen LogP contribution is -2.13. The van der Waals surface area contributed by atoms with Crippen molar-refractivity contribution < 1.29 is 9.32 Å². The van der Waals surface area contributed by atoms with Gasteiger partial charge in [0.15, 0.2) is 5.65 Å². The summed E-state index contributed by atoms with van der Waals surface area (Å²) in [7, 11) is 0. The maximum atomic E-state index is 12.0. The normalized spacial score (nSPS) is 11.0. The van der Waals surface area contributed by atoms with Gasteiger partial charge in [0.1, 0.15) is 10.7 Å². The molecule has 130 valence electrons. The van der Waals surface area contributed by atoms with Gasteiger partial charge in [0, 0.05) is 12.3 Å². The lowest BCUT2D eigenvalue weighted by atomic mass is 10.3. The fourth-order valence-electron chi connectivity index (χ4n) is 2.24. The zero-order valence-electron chi connectivity index (χ0n) is 13.7. The lowest BCUT2D eigenvalue weighted by Gasteiger charge is -2.03. The summed E-state index contributed by atoms with van der Waals surface area (Å²) in [5, 5.41) is 19.8. The van der Waals surface area contributed by atoms with Crippen molar-refractivity contribution in [2.24, 2.45) is 0 Å². The monoisotopic (exact) mass is 367 g/mol. The molecule has 1 amide bonds. The smallest absolute Gasteiger partial charge is 0.237 e. The number of aryl methyl sites for hydroxylation is 1. The van der Waals surface area contributed by atoms with Gasteiger partial charge in [-0.25, -0.2) is 0 Å². The van der Waals surface area contributed by atoms with Gasteiger partial charge in [-0.1, -0.05) is 23.0 Å². The third kappa shape index (κ3) is 3.40. The Morgan fingerprint density at radius 1 is 1.27 bits per heavy atom. The fraction of sp³-hybridized carbons (Fsp3) is 0.125. The number of hydrogen-bond acceptors (Lipinski definition) is 8. The van der Waals surface area contributed by atoms with Crippen molar-refractivity contribution in [1.29, 1.82) is 0 Å². The summed E-state index contributed by atoms with van der Waals surface area (Å²) in [5.41, 5.74) is 1.99. The number of nitrogens with zero attached hydrogens (tertiary/aromatic N) is 6. The van der Waals surface area contributed by atoms with E-state index in [-0.39, 0.29) is 11.7 Å². The van der Waals surface area contributed by atoms with Crippen LogP contribution in [-0.4, -0.2) is 41.6 Å². The molecule has 0 spiro atoms. The SMILES string of the molecule is Cc1cc(NC(=O)CSc2ccc3nnc(-c4ccccn4)n3n2)on1. The van der Waals surface area contributed by atoms with Crippen LogP contribution in [0.3, 0.4) is 0 Å². The maximum Gasteiger partial charge on any atom is 0.237 e. The van der Waals surface area contributed by atoms with E-state index in [0.717, 1.165) is 0 Å². The van der Waals surface area contributed by atoms with Crippen LogP contribution in [0.1, 0.15) is 5.69 Å². The zero-order chi connectivity index (χ0) is 17.9. The predicted octanol–water partition coefficient (Wildman–Crippen LogP) is 2.21. The molecule has 0 radical (unpaired) electrons. The number of nitrogens with one attached hydrogen (secondary N) is 1. The first-order chi connectivity index (χ1) is 12.7. The highest BCUT2D eigenvalue weighted by atomic mass is 32.2. The van der Waals surface area contributed by atoms with Crippen molar-refractivity contribution >= 4 is 29.2 Å². The largest absolute Gasteiger partial charge is 0.338 e. The van der Waals surface area contributed by atoms with Gasteiger partial charge in [0.25, 0.3) is 0 Å². The minimum Gasteiger partial charge on any atom is -0.338 e. The summed E-state index contributed by atoms with van der Waals surface area (Å²) in [6, 6.07) is 10.8. The first-order valence-corrected chi connectivity index (χ1v) is 8.67. The Morgan fingerprint density at radius 3 is 2.96 bits per heavy atom. The van der Waals surface area contributed by atoms with Crippen molar-refractivity contribution in [2.75, 3.05) is 11.1 Å². The number of thioether (sulfide) groups is 1. The summed E-state index contributed by atoms with van der Waals surface area (Å²) in [6.45, 7) is 1.78. The number of rotatable bonds is 5. The quantitative estimate of drug-likeness (QED) is 0.535. The van der Waals surface area contributed by atoms with Gasteiger partial charge < -0.3 is 4.52 Å². The Labute approximate surface area is 151 Å². The van der Waals surface area contributed by atoms with Gasteiger partial charge in [-0.2, -0.15) is 9.61 Å². The molecule has 4 rings (SSSR count). The van der Waals surface area contributed by atoms with Crippen molar-refractivity contribution in [3.05, 3.63) is 48.3 Å². The molecule has 0 fully saturated rings. The van der Waals surface area contributed by atoms with Crippen LogP contribution in [0.25, 0.3) is 17.2 Å². The molecule has 4 aromatic heterocycles. The van der Waals surface area contributed by atoms with Crippen molar-refractivity contribution in [3.8, 4) is 11.5 Å². The molecule has 0 aliphatic heterocycles. The van der Waals surface area contributed by atoms with Crippen molar-refractivity contribution in [2.45, 2.75) is 11.9 Å².